The van der Waals surface area contributed by atoms with E-state index in [9.17, 15) is 9.65 Å². The van der Waals surface area contributed by atoms with Crippen molar-refractivity contribution >= 4 is 40.6 Å². The van der Waals surface area contributed by atoms with E-state index in [2.05, 4.69) is 54.5 Å². The molecule has 0 amide bonds. The molecular formula is C21H18FIN6O2. The van der Waals surface area contributed by atoms with Crippen molar-refractivity contribution in [2.24, 2.45) is 5.10 Å². The lowest BCUT2D eigenvalue weighted by atomic mass is 10.1. The summed E-state index contributed by atoms with van der Waals surface area (Å²) in [7, 11) is 3.11. The van der Waals surface area contributed by atoms with Crippen LogP contribution >= 0.6 is 22.6 Å². The minimum Gasteiger partial charge on any atom is -0.493 e. The lowest BCUT2D eigenvalue weighted by Gasteiger charge is -2.14. The van der Waals surface area contributed by atoms with Gasteiger partial charge in [-0.2, -0.15) is 15.3 Å². The third kappa shape index (κ3) is 5.58. The number of benzene rings is 2. The number of rotatable bonds is 8. The second kappa shape index (κ2) is 10.5. The van der Waals surface area contributed by atoms with E-state index in [0.717, 1.165) is 20.9 Å². The summed E-state index contributed by atoms with van der Waals surface area (Å²) in [4.78, 5) is 7.79. The molecule has 0 spiro atoms. The zero-order valence-corrected chi connectivity index (χ0v) is 18.8. The number of ether oxygens (including phenoxy) is 2. The number of hydrazone groups is 1. The monoisotopic (exact) mass is 532 g/mol. The summed E-state index contributed by atoms with van der Waals surface area (Å²) < 4.78 is 25.7. The van der Waals surface area contributed by atoms with E-state index in [1.807, 2.05) is 24.3 Å². The predicted octanol–water partition coefficient (Wildman–Crippen LogP) is 4.17. The Morgan fingerprint density at radius 3 is 2.87 bits per heavy atom. The van der Waals surface area contributed by atoms with Crippen LogP contribution in [0.1, 0.15) is 16.7 Å². The van der Waals surface area contributed by atoms with Gasteiger partial charge in [0.25, 0.3) is 0 Å². The van der Waals surface area contributed by atoms with Crippen LogP contribution < -0.4 is 20.2 Å². The van der Waals surface area contributed by atoms with Gasteiger partial charge >= 0.3 is 0 Å². The Labute approximate surface area is 192 Å². The maximum absolute atomic E-state index is 13.4. The van der Waals surface area contributed by atoms with Crippen LogP contribution in [0.2, 0.25) is 0 Å². The highest BCUT2D eigenvalue weighted by molar-refractivity contribution is 14.1. The van der Waals surface area contributed by atoms with Crippen LogP contribution in [0.25, 0.3) is 0 Å². The number of nitrogens with zero attached hydrogens (tertiary/aromatic N) is 4. The molecule has 0 atom stereocenters. The molecule has 1 heterocycles. The Kier molecular flexibility index (Phi) is 7.55. The lowest BCUT2D eigenvalue weighted by molar-refractivity contribution is 0.282. The largest absolute Gasteiger partial charge is 0.493 e. The van der Waals surface area contributed by atoms with Gasteiger partial charge in [0.05, 0.1) is 34.7 Å². The predicted molar refractivity (Wildman–Crippen MR) is 124 cm³/mol. The van der Waals surface area contributed by atoms with Crippen LogP contribution in [0.15, 0.2) is 47.7 Å². The van der Waals surface area contributed by atoms with Crippen molar-refractivity contribution in [3.05, 3.63) is 68.7 Å². The highest BCUT2D eigenvalue weighted by Crippen LogP contribution is 2.34. The molecule has 0 aliphatic rings. The van der Waals surface area contributed by atoms with Gasteiger partial charge in [0.1, 0.15) is 6.61 Å². The molecule has 0 aliphatic carbocycles. The van der Waals surface area contributed by atoms with E-state index in [0.29, 0.717) is 17.1 Å². The van der Waals surface area contributed by atoms with Crippen LogP contribution in [-0.4, -0.2) is 30.3 Å². The summed E-state index contributed by atoms with van der Waals surface area (Å²) in [6.07, 6.45) is 2.62. The third-order valence-electron chi connectivity index (χ3n) is 4.12. The Balaban J connectivity index is 1.74. The standard InChI is InChI=1S/C21H18FIN6O2/c1-25-20-16(22)11-26-21(28-20)29-27-10-13-7-17(23)19(18(8-13)30-2)31-12-15-6-4-3-5-14(15)9-24/h3-8,10-11H,12H2,1-2H3,(H2,25,26,28,29)/b27-10+. The Morgan fingerprint density at radius 1 is 1.32 bits per heavy atom. The number of hydrogen-bond donors (Lipinski definition) is 2. The summed E-state index contributed by atoms with van der Waals surface area (Å²) in [5.41, 5.74) is 4.76. The Bertz CT molecular complexity index is 1150. The number of methoxy groups -OCH3 is 1. The van der Waals surface area contributed by atoms with Gasteiger partial charge in [-0.3, -0.25) is 0 Å². The lowest BCUT2D eigenvalue weighted by Crippen LogP contribution is -2.03. The second-order valence-corrected chi connectivity index (χ2v) is 7.26. The third-order valence-corrected chi connectivity index (χ3v) is 4.92. The number of hydrogen-bond acceptors (Lipinski definition) is 8. The fourth-order valence-corrected chi connectivity index (χ4v) is 3.40. The number of aromatic nitrogens is 2. The number of nitriles is 1. The fraction of sp³-hybridized carbons (Fsp3) is 0.143. The van der Waals surface area contributed by atoms with Gasteiger partial charge in [0.15, 0.2) is 23.1 Å². The SMILES string of the molecule is CNc1nc(N/N=C/c2cc(I)c(OCc3ccccc3C#N)c(OC)c2)ncc1F. The quantitative estimate of drug-likeness (QED) is 0.255. The summed E-state index contributed by atoms with van der Waals surface area (Å²) in [5.74, 6) is 0.771. The molecule has 0 saturated heterocycles. The van der Waals surface area contributed by atoms with Crippen LogP contribution in [0, 0.1) is 20.7 Å². The van der Waals surface area contributed by atoms with E-state index < -0.39 is 5.82 Å². The molecular weight excluding hydrogens is 514 g/mol. The molecule has 2 aromatic carbocycles. The molecule has 0 fully saturated rings. The highest BCUT2D eigenvalue weighted by Gasteiger charge is 2.12. The molecule has 0 radical (unpaired) electrons. The Hall–Kier alpha value is -3.46. The van der Waals surface area contributed by atoms with Crippen molar-refractivity contribution in [2.75, 3.05) is 24.9 Å². The average molecular weight is 532 g/mol. The van der Waals surface area contributed by atoms with Crippen LogP contribution in [0.5, 0.6) is 11.5 Å². The molecule has 2 N–H and O–H groups in total. The first-order chi connectivity index (χ1) is 15.0. The van der Waals surface area contributed by atoms with Crippen molar-refractivity contribution in [3.8, 4) is 17.6 Å². The molecule has 0 bridgehead atoms. The number of anilines is 2. The number of nitrogens with one attached hydrogen (secondary N) is 2. The van der Waals surface area contributed by atoms with Crippen LogP contribution in [-0.2, 0) is 6.61 Å². The topological polar surface area (TPSA) is 104 Å². The summed E-state index contributed by atoms with van der Waals surface area (Å²) >= 11 is 2.15. The molecule has 0 unspecified atom stereocenters. The van der Waals surface area contributed by atoms with Crippen molar-refractivity contribution in [3.63, 3.8) is 0 Å². The van der Waals surface area contributed by atoms with Crippen LogP contribution in [0.3, 0.4) is 0 Å². The summed E-state index contributed by atoms with van der Waals surface area (Å²) in [6.45, 7) is 0.237. The second-order valence-electron chi connectivity index (χ2n) is 6.10. The molecule has 3 rings (SSSR count). The maximum Gasteiger partial charge on any atom is 0.245 e. The molecule has 31 heavy (non-hydrogen) atoms. The fourth-order valence-electron chi connectivity index (χ4n) is 2.62. The van der Waals surface area contributed by atoms with Crippen molar-refractivity contribution < 1.29 is 13.9 Å². The molecule has 0 aliphatic heterocycles. The molecule has 158 valence electrons. The molecule has 1 aromatic heterocycles. The summed E-state index contributed by atoms with van der Waals surface area (Å²) in [6, 6.07) is 13.1. The first kappa shape index (κ1) is 22.2. The normalized spacial score (nSPS) is 10.5. The maximum atomic E-state index is 13.4. The first-order valence-corrected chi connectivity index (χ1v) is 10.1. The van der Waals surface area contributed by atoms with Gasteiger partial charge in [0.2, 0.25) is 5.95 Å². The van der Waals surface area contributed by atoms with E-state index in [1.54, 1.807) is 32.5 Å². The van der Waals surface area contributed by atoms with Crippen molar-refractivity contribution in [1.82, 2.24) is 9.97 Å². The molecule has 8 nitrogen and oxygen atoms in total. The van der Waals surface area contributed by atoms with E-state index in [1.165, 1.54) is 0 Å². The van der Waals surface area contributed by atoms with Gasteiger partial charge < -0.3 is 14.8 Å². The van der Waals surface area contributed by atoms with Crippen molar-refractivity contribution in [1.29, 1.82) is 5.26 Å². The highest BCUT2D eigenvalue weighted by atomic mass is 127. The van der Waals surface area contributed by atoms with E-state index >= 15 is 0 Å². The van der Waals surface area contributed by atoms with Gasteiger partial charge in [-0.25, -0.2) is 14.8 Å². The minimum atomic E-state index is -0.552. The molecule has 0 saturated carbocycles. The van der Waals surface area contributed by atoms with Gasteiger partial charge in [-0.05, 0) is 46.4 Å². The van der Waals surface area contributed by atoms with Gasteiger partial charge in [-0.15, -0.1) is 0 Å². The molecule has 10 heteroatoms. The molecule has 3 aromatic rings. The number of halogens is 2. The van der Waals surface area contributed by atoms with E-state index in [-0.39, 0.29) is 18.4 Å². The zero-order valence-electron chi connectivity index (χ0n) is 16.7. The minimum absolute atomic E-state index is 0.0726. The van der Waals surface area contributed by atoms with E-state index in [4.69, 9.17) is 9.47 Å². The van der Waals surface area contributed by atoms with Gasteiger partial charge in [0, 0.05) is 12.6 Å². The Morgan fingerprint density at radius 2 is 2.13 bits per heavy atom. The smallest absolute Gasteiger partial charge is 0.245 e. The van der Waals surface area contributed by atoms with Crippen molar-refractivity contribution in [2.45, 2.75) is 6.61 Å². The summed E-state index contributed by atoms with van der Waals surface area (Å²) in [5, 5.41) is 16.0. The van der Waals surface area contributed by atoms with Gasteiger partial charge in [-0.1, -0.05) is 18.2 Å². The van der Waals surface area contributed by atoms with Crippen LogP contribution in [0.4, 0.5) is 16.2 Å². The first-order valence-electron chi connectivity index (χ1n) is 9.03. The average Bonchev–Trinajstić information content (AvgIpc) is 2.79. The zero-order chi connectivity index (χ0) is 22.2.